The first-order chi connectivity index (χ1) is 28.9. The van der Waals surface area contributed by atoms with E-state index in [4.69, 9.17) is 0 Å². The predicted octanol–water partition coefficient (Wildman–Crippen LogP) is 14.4. The van der Waals surface area contributed by atoms with Gasteiger partial charge in [-0.05, 0) is 128 Å². The maximum atomic E-state index is 2.68. The van der Waals surface area contributed by atoms with Crippen molar-refractivity contribution in [2.24, 2.45) is 0 Å². The lowest BCUT2D eigenvalue weighted by Crippen LogP contribution is -2.60. The minimum Gasteiger partial charge on any atom is -0.311 e. The van der Waals surface area contributed by atoms with Crippen molar-refractivity contribution in [1.82, 2.24) is 0 Å². The Hall–Kier alpha value is -5.32. The summed E-state index contributed by atoms with van der Waals surface area (Å²) < 4.78 is 1.47. The van der Waals surface area contributed by atoms with Gasteiger partial charge in [-0.25, -0.2) is 0 Å². The summed E-state index contributed by atoms with van der Waals surface area (Å²) in [4.78, 5) is 6.85. The van der Waals surface area contributed by atoms with Gasteiger partial charge in [0.05, 0.1) is 11.4 Å². The zero-order valence-electron chi connectivity index (χ0n) is 38.0. The summed E-state index contributed by atoms with van der Waals surface area (Å²) in [7, 11) is 0. The van der Waals surface area contributed by atoms with Crippen molar-refractivity contribution in [1.29, 1.82) is 0 Å². The molecule has 1 aromatic heterocycles. The predicted molar refractivity (Wildman–Crippen MR) is 267 cm³/mol. The molecular formula is C57H59BN2S. The summed E-state index contributed by atoms with van der Waals surface area (Å²) in [5.74, 6) is 0. The van der Waals surface area contributed by atoms with Gasteiger partial charge in [0.25, 0.3) is 6.71 Å². The molecule has 61 heavy (non-hydrogen) atoms. The Morgan fingerprint density at radius 1 is 0.541 bits per heavy atom. The molecule has 0 saturated carbocycles. The van der Waals surface area contributed by atoms with Gasteiger partial charge < -0.3 is 9.80 Å². The third kappa shape index (κ3) is 6.43. The van der Waals surface area contributed by atoms with Crippen LogP contribution in [0.4, 0.5) is 34.1 Å². The Kier molecular flexibility index (Phi) is 9.03. The maximum Gasteiger partial charge on any atom is 0.264 e. The molecule has 2 aliphatic heterocycles. The lowest BCUT2D eigenvalue weighted by atomic mass is 9.35. The summed E-state index contributed by atoms with van der Waals surface area (Å²) >= 11 is 2.10. The third-order valence-electron chi connectivity index (χ3n) is 14.0. The highest BCUT2D eigenvalue weighted by molar-refractivity contribution is 7.29. The Bertz CT molecular complexity index is 2830. The molecule has 7 aromatic rings. The number of fused-ring (bicyclic) bond motifs is 6. The Morgan fingerprint density at radius 2 is 1.11 bits per heavy atom. The highest BCUT2D eigenvalue weighted by Gasteiger charge is 2.51. The molecule has 4 heteroatoms. The fraction of sp³-hybridized carbons (Fsp3) is 0.298. The number of thiophene rings is 1. The van der Waals surface area contributed by atoms with E-state index in [2.05, 4.69) is 231 Å². The van der Waals surface area contributed by atoms with Crippen LogP contribution in [0, 0.1) is 6.92 Å². The zero-order valence-corrected chi connectivity index (χ0v) is 38.8. The molecule has 0 saturated heterocycles. The van der Waals surface area contributed by atoms with Crippen LogP contribution in [0.15, 0.2) is 133 Å². The van der Waals surface area contributed by atoms with Gasteiger partial charge in [-0.2, -0.15) is 11.3 Å². The lowest BCUT2D eigenvalue weighted by Gasteiger charge is -2.45. The van der Waals surface area contributed by atoms with Crippen LogP contribution >= 0.6 is 11.3 Å². The van der Waals surface area contributed by atoms with E-state index in [9.17, 15) is 0 Å². The first kappa shape index (κ1) is 39.8. The van der Waals surface area contributed by atoms with Crippen LogP contribution in [0.5, 0.6) is 0 Å². The Labute approximate surface area is 369 Å². The monoisotopic (exact) mass is 814 g/mol. The summed E-state index contributed by atoms with van der Waals surface area (Å²) in [5.41, 5.74) is 21.2. The van der Waals surface area contributed by atoms with Crippen molar-refractivity contribution in [2.75, 3.05) is 9.80 Å². The second-order valence-electron chi connectivity index (χ2n) is 21.4. The second kappa shape index (κ2) is 13.8. The standard InChI is InChI=1S/C57H59BN2S/c1-36-33-47-50-48(34-36)60(45-20-16-15-19-43(45)38-21-24-40(25-22-38)54(2,3)4)46-30-23-39(37-17-13-12-14-18-37)35-44(46)58(50)53-51(49-52(61-53)57(10,11)32-31-56(49,8)9)59(47)42-28-26-41(27-29-42)55(5,6)7/h12-30,33-35H,31-32H2,1-11H3. The molecule has 6 aromatic carbocycles. The van der Waals surface area contributed by atoms with Crippen molar-refractivity contribution in [2.45, 2.75) is 111 Å². The van der Waals surface area contributed by atoms with Gasteiger partial charge in [0, 0.05) is 38.0 Å². The van der Waals surface area contributed by atoms with Crippen molar-refractivity contribution >= 4 is 67.9 Å². The number of nitrogens with zero attached hydrogens (tertiary/aromatic N) is 2. The summed E-state index contributed by atoms with van der Waals surface area (Å²) in [6.45, 7) is 26.2. The van der Waals surface area contributed by atoms with E-state index < -0.39 is 0 Å². The minimum absolute atomic E-state index is 0.0274. The van der Waals surface area contributed by atoms with Crippen LogP contribution in [0.1, 0.15) is 109 Å². The van der Waals surface area contributed by atoms with Crippen LogP contribution in [0.3, 0.4) is 0 Å². The topological polar surface area (TPSA) is 6.48 Å². The summed E-state index contributed by atoms with van der Waals surface area (Å²) in [6.07, 6.45) is 2.35. The van der Waals surface area contributed by atoms with Crippen LogP contribution < -0.4 is 25.5 Å². The molecule has 0 bridgehead atoms. The van der Waals surface area contributed by atoms with Crippen molar-refractivity contribution in [3.8, 4) is 22.3 Å². The van der Waals surface area contributed by atoms with Gasteiger partial charge in [-0.15, -0.1) is 0 Å². The third-order valence-corrected chi connectivity index (χ3v) is 15.6. The van der Waals surface area contributed by atoms with Gasteiger partial charge in [-0.1, -0.05) is 166 Å². The van der Waals surface area contributed by atoms with E-state index in [0.29, 0.717) is 0 Å². The van der Waals surface area contributed by atoms with Crippen LogP contribution in [0.25, 0.3) is 22.3 Å². The first-order valence-electron chi connectivity index (χ1n) is 22.3. The number of anilines is 6. The van der Waals surface area contributed by atoms with E-state index in [1.807, 2.05) is 0 Å². The molecule has 306 valence electrons. The van der Waals surface area contributed by atoms with Crippen molar-refractivity contribution in [3.63, 3.8) is 0 Å². The average Bonchev–Trinajstić information content (AvgIpc) is 3.65. The number of aryl methyl sites for hydroxylation is 1. The number of hydrogen-bond acceptors (Lipinski definition) is 3. The maximum absolute atomic E-state index is 2.68. The molecule has 0 spiro atoms. The molecule has 10 rings (SSSR count). The van der Waals surface area contributed by atoms with Crippen LogP contribution in [0.2, 0.25) is 0 Å². The van der Waals surface area contributed by atoms with Crippen LogP contribution in [-0.4, -0.2) is 6.71 Å². The fourth-order valence-electron chi connectivity index (χ4n) is 10.4. The zero-order chi connectivity index (χ0) is 42.8. The second-order valence-corrected chi connectivity index (χ2v) is 22.4. The van der Waals surface area contributed by atoms with Crippen molar-refractivity contribution in [3.05, 3.63) is 161 Å². The quantitative estimate of drug-likeness (QED) is 0.163. The highest BCUT2D eigenvalue weighted by atomic mass is 32.1. The molecule has 0 atom stereocenters. The number of rotatable bonds is 4. The van der Waals surface area contributed by atoms with E-state index in [0.717, 1.165) is 0 Å². The number of para-hydroxylation sites is 1. The van der Waals surface area contributed by atoms with E-state index in [1.165, 1.54) is 102 Å². The first-order valence-corrected chi connectivity index (χ1v) is 23.2. The molecular weight excluding hydrogens is 756 g/mol. The summed E-state index contributed by atoms with van der Waals surface area (Å²) in [5, 5.41) is 0. The Balaban J connectivity index is 1.30. The van der Waals surface area contributed by atoms with Gasteiger partial charge in [0.15, 0.2) is 0 Å². The van der Waals surface area contributed by atoms with Gasteiger partial charge in [0.1, 0.15) is 0 Å². The minimum atomic E-state index is 0.0274. The largest absolute Gasteiger partial charge is 0.311 e. The number of hydrogen-bond donors (Lipinski definition) is 0. The van der Waals surface area contributed by atoms with Gasteiger partial charge >= 0.3 is 0 Å². The molecule has 0 fully saturated rings. The van der Waals surface area contributed by atoms with E-state index in [1.54, 1.807) is 10.4 Å². The normalized spacial score (nSPS) is 16.1. The highest BCUT2D eigenvalue weighted by Crippen LogP contribution is 2.56. The molecule has 2 nitrogen and oxygen atoms in total. The van der Waals surface area contributed by atoms with E-state index >= 15 is 0 Å². The summed E-state index contributed by atoms with van der Waals surface area (Å²) in [6, 6.07) is 51.1. The Morgan fingerprint density at radius 3 is 1.77 bits per heavy atom. The SMILES string of the molecule is Cc1cc2c3c(c1)N(c1ccc(C(C)(C)C)cc1)c1c(sc4c1C(C)(C)CCC4(C)C)B3c1cc(-c3ccccc3)ccc1N2c1ccccc1-c1ccc(C(C)(C)C)cc1. The molecule has 0 unspecified atom stereocenters. The van der Waals surface area contributed by atoms with Crippen LogP contribution in [-0.2, 0) is 21.7 Å². The fourth-order valence-corrected chi connectivity index (χ4v) is 12.2. The lowest BCUT2D eigenvalue weighted by molar-refractivity contribution is 0.339. The molecule has 1 aliphatic carbocycles. The van der Waals surface area contributed by atoms with Gasteiger partial charge in [-0.3, -0.25) is 0 Å². The smallest absolute Gasteiger partial charge is 0.264 e. The van der Waals surface area contributed by atoms with Crippen molar-refractivity contribution < 1.29 is 0 Å². The molecule has 3 aliphatic rings. The van der Waals surface area contributed by atoms with E-state index in [-0.39, 0.29) is 28.4 Å². The molecule has 0 radical (unpaired) electrons. The molecule has 3 heterocycles. The van der Waals surface area contributed by atoms with Gasteiger partial charge in [0.2, 0.25) is 0 Å². The molecule has 0 amide bonds. The molecule has 0 N–H and O–H groups in total. The average molecular weight is 815 g/mol. The number of benzene rings is 6.